The zero-order chi connectivity index (χ0) is 17.3. The van der Waals surface area contributed by atoms with E-state index in [-0.39, 0.29) is 17.7 Å². The van der Waals surface area contributed by atoms with Crippen molar-refractivity contribution in [2.45, 2.75) is 62.1 Å². The van der Waals surface area contributed by atoms with E-state index < -0.39 is 0 Å². The number of fused-ring (bicyclic) bond motifs is 2. The van der Waals surface area contributed by atoms with Gasteiger partial charge in [-0.2, -0.15) is 0 Å². The molecule has 6 aliphatic rings. The van der Waals surface area contributed by atoms with Gasteiger partial charge in [-0.25, -0.2) is 0 Å². The Balaban J connectivity index is 1.63. The average molecular weight is 341 g/mol. The summed E-state index contributed by atoms with van der Waals surface area (Å²) >= 11 is 0. The van der Waals surface area contributed by atoms with Crippen LogP contribution in [-0.2, 0) is 5.41 Å². The molecule has 10 atom stereocenters. The van der Waals surface area contributed by atoms with E-state index in [2.05, 4.69) is 50.2 Å². The van der Waals surface area contributed by atoms with Crippen molar-refractivity contribution in [3.05, 3.63) is 29.8 Å². The number of aliphatic hydroxyl groups excluding tert-OH is 2. The summed E-state index contributed by atoms with van der Waals surface area (Å²) in [5.74, 6) is 1.17. The van der Waals surface area contributed by atoms with Gasteiger partial charge in [-0.3, -0.25) is 4.48 Å². The van der Waals surface area contributed by atoms with E-state index >= 15 is 0 Å². The van der Waals surface area contributed by atoms with Gasteiger partial charge in [0.25, 0.3) is 0 Å². The highest BCUT2D eigenvalue weighted by Gasteiger charge is 2.82. The van der Waals surface area contributed by atoms with Gasteiger partial charge in [0.1, 0.15) is 6.04 Å². The fourth-order valence-electron chi connectivity index (χ4n) is 8.58. The molecule has 0 amide bonds. The van der Waals surface area contributed by atoms with E-state index in [0.717, 1.165) is 23.7 Å². The molecule has 1 aromatic carbocycles. The second-order valence-corrected chi connectivity index (χ2v) is 9.58. The number of hydrogen-bond acceptors (Lipinski definition) is 3. The van der Waals surface area contributed by atoms with Crippen LogP contribution in [0.3, 0.4) is 0 Å². The minimum atomic E-state index is -0.273. The molecule has 25 heavy (non-hydrogen) atoms. The zero-order valence-electron chi connectivity index (χ0n) is 15.3. The molecule has 1 saturated carbocycles. The summed E-state index contributed by atoms with van der Waals surface area (Å²) in [6.45, 7) is 2.21. The molecular weight excluding hydrogens is 312 g/mol. The van der Waals surface area contributed by atoms with E-state index in [4.69, 9.17) is 0 Å². The third kappa shape index (κ3) is 1.27. The molecule has 4 heteroatoms. The van der Waals surface area contributed by atoms with Gasteiger partial charge in [-0.15, -0.1) is 0 Å². The summed E-state index contributed by atoms with van der Waals surface area (Å²) in [4.78, 5) is 2.44. The molecule has 5 aliphatic heterocycles. The Hall–Kier alpha value is -1.10. The number of hydrogen-bond donors (Lipinski definition) is 2. The second kappa shape index (κ2) is 4.24. The normalized spacial score (nSPS) is 57.1. The molecule has 4 saturated heterocycles. The predicted molar refractivity (Wildman–Crippen MR) is 96.1 cm³/mol. The first-order valence-corrected chi connectivity index (χ1v) is 10.0. The van der Waals surface area contributed by atoms with Crippen molar-refractivity contribution >= 4 is 5.69 Å². The molecule has 1 aliphatic carbocycles. The first-order chi connectivity index (χ1) is 12.0. The van der Waals surface area contributed by atoms with E-state index in [9.17, 15) is 10.2 Å². The van der Waals surface area contributed by atoms with Crippen molar-refractivity contribution < 1.29 is 14.7 Å². The largest absolute Gasteiger partial charge is 0.392 e. The third-order valence-corrected chi connectivity index (χ3v) is 9.39. The molecule has 1 aromatic rings. The fourth-order valence-corrected chi connectivity index (χ4v) is 8.58. The lowest BCUT2D eigenvalue weighted by atomic mass is 9.61. The first kappa shape index (κ1) is 15.0. The number of anilines is 1. The summed E-state index contributed by atoms with van der Waals surface area (Å²) in [5.41, 5.74) is 2.54. The fraction of sp³-hybridized carbons (Fsp3) is 0.714. The number of nitrogens with zero attached hydrogens (tertiary/aromatic N) is 2. The molecule has 5 heterocycles. The molecule has 134 valence electrons. The summed E-state index contributed by atoms with van der Waals surface area (Å²) in [7, 11) is 4.51. The lowest BCUT2D eigenvalue weighted by Gasteiger charge is -2.66. The van der Waals surface area contributed by atoms with Crippen molar-refractivity contribution in [2.24, 2.45) is 17.8 Å². The van der Waals surface area contributed by atoms with E-state index in [1.165, 1.54) is 11.3 Å². The highest BCUT2D eigenvalue weighted by Crippen LogP contribution is 2.70. The van der Waals surface area contributed by atoms with Gasteiger partial charge >= 0.3 is 0 Å². The van der Waals surface area contributed by atoms with E-state index in [1.807, 2.05) is 0 Å². The number of quaternary nitrogens is 1. The Labute approximate surface area is 149 Å². The highest BCUT2D eigenvalue weighted by atomic mass is 16.3. The molecule has 0 unspecified atom stereocenters. The quantitative estimate of drug-likeness (QED) is 0.764. The molecule has 7 rings (SSSR count). The number of para-hydroxylation sites is 1. The minimum absolute atomic E-state index is 0.125. The first-order valence-electron chi connectivity index (χ1n) is 10.0. The Morgan fingerprint density at radius 2 is 2.00 bits per heavy atom. The maximum absolute atomic E-state index is 11.7. The van der Waals surface area contributed by atoms with Gasteiger partial charge in [-0.05, 0) is 24.0 Å². The van der Waals surface area contributed by atoms with Crippen molar-refractivity contribution in [2.75, 3.05) is 19.0 Å². The maximum Gasteiger partial charge on any atom is 0.193 e. The van der Waals surface area contributed by atoms with Gasteiger partial charge < -0.3 is 15.1 Å². The summed E-state index contributed by atoms with van der Waals surface area (Å²) in [6.07, 6.45) is 2.67. The van der Waals surface area contributed by atoms with Crippen LogP contribution in [0.1, 0.15) is 31.7 Å². The molecule has 2 N–H and O–H groups in total. The minimum Gasteiger partial charge on any atom is -0.392 e. The van der Waals surface area contributed by atoms with Crippen LogP contribution in [0.25, 0.3) is 0 Å². The standard InChI is InChI=1S/C21H29N2O2/c1-4-11-12-9-15-18-21(13-7-5-6-8-14(13)22(18)2)10-16(17(12)19(21)24)23(15,3)20(11)25/h5-8,11-12,15-20,24-25H,4,9-10H2,1-3H3/q+1/t11-,12+,15-,16-,17+,18-,19-,20+,21+,23-/m0/s1. The summed E-state index contributed by atoms with van der Waals surface area (Å²) < 4.78 is 0.779. The SMILES string of the molecule is CC[C@H]1[C@H]2C[C@H]3[C@@H]4N(C)c5ccccc5[C@]45C[C@@H]([C@@H]2[C@@H]5O)[N@@+]3(C)[C@@H]1O. The molecule has 5 bridgehead atoms. The van der Waals surface area contributed by atoms with Crippen molar-refractivity contribution in [1.29, 1.82) is 0 Å². The van der Waals surface area contributed by atoms with Gasteiger partial charge in [0, 0.05) is 37.4 Å². The third-order valence-electron chi connectivity index (χ3n) is 9.39. The van der Waals surface area contributed by atoms with Gasteiger partial charge in [-0.1, -0.05) is 25.1 Å². The zero-order valence-corrected chi connectivity index (χ0v) is 15.3. The topological polar surface area (TPSA) is 43.7 Å². The smallest absolute Gasteiger partial charge is 0.193 e. The molecule has 4 nitrogen and oxygen atoms in total. The Bertz CT molecular complexity index is 768. The number of rotatable bonds is 1. The molecule has 5 fully saturated rings. The van der Waals surface area contributed by atoms with Crippen LogP contribution in [0, 0.1) is 17.8 Å². The summed E-state index contributed by atoms with van der Waals surface area (Å²) in [5, 5.41) is 23.1. The van der Waals surface area contributed by atoms with Gasteiger partial charge in [0.15, 0.2) is 6.23 Å². The second-order valence-electron chi connectivity index (χ2n) is 9.58. The maximum atomic E-state index is 11.7. The Kier molecular flexibility index (Phi) is 2.54. The van der Waals surface area contributed by atoms with E-state index in [1.54, 1.807) is 0 Å². The lowest BCUT2D eigenvalue weighted by molar-refractivity contribution is -1.02. The monoisotopic (exact) mass is 341 g/mol. The van der Waals surface area contributed by atoms with Crippen LogP contribution in [0.15, 0.2) is 24.3 Å². The number of likely N-dealkylation sites (N-methyl/N-ethyl adjacent to an activating group) is 2. The Morgan fingerprint density at radius 3 is 2.76 bits per heavy atom. The molecule has 1 spiro atoms. The van der Waals surface area contributed by atoms with Crippen LogP contribution in [-0.4, -0.2) is 59.2 Å². The summed E-state index contributed by atoms with van der Waals surface area (Å²) in [6, 6.07) is 9.87. The molecule has 0 aromatic heterocycles. The number of aliphatic hydroxyl groups is 2. The van der Waals surface area contributed by atoms with Crippen LogP contribution in [0.4, 0.5) is 5.69 Å². The van der Waals surface area contributed by atoms with Crippen LogP contribution < -0.4 is 4.90 Å². The van der Waals surface area contributed by atoms with E-state index in [0.29, 0.717) is 35.9 Å². The van der Waals surface area contributed by atoms with Gasteiger partial charge in [0.2, 0.25) is 0 Å². The van der Waals surface area contributed by atoms with Crippen LogP contribution >= 0.6 is 0 Å². The van der Waals surface area contributed by atoms with Crippen molar-refractivity contribution in [3.63, 3.8) is 0 Å². The van der Waals surface area contributed by atoms with Gasteiger partial charge in [0.05, 0.1) is 30.7 Å². The molecule has 0 radical (unpaired) electrons. The van der Waals surface area contributed by atoms with Crippen LogP contribution in [0.2, 0.25) is 0 Å². The van der Waals surface area contributed by atoms with Crippen molar-refractivity contribution in [3.8, 4) is 0 Å². The average Bonchev–Trinajstić information content (AvgIpc) is 2.99. The Morgan fingerprint density at radius 1 is 1.24 bits per heavy atom. The van der Waals surface area contributed by atoms with Crippen molar-refractivity contribution in [1.82, 2.24) is 0 Å². The highest BCUT2D eigenvalue weighted by molar-refractivity contribution is 5.66. The molecular formula is C21H29N2O2+. The van der Waals surface area contributed by atoms with Crippen LogP contribution in [0.5, 0.6) is 0 Å². The number of benzene rings is 1. The predicted octanol–water partition coefficient (Wildman–Crippen LogP) is 1.70. The lowest BCUT2D eigenvalue weighted by Crippen LogP contribution is -2.81. The number of piperidine rings is 4.